The Morgan fingerprint density at radius 3 is 2.33 bits per heavy atom. The summed E-state index contributed by atoms with van der Waals surface area (Å²) < 4.78 is 10.6. The normalized spacial score (nSPS) is 10.8. The number of aliphatic hydroxyl groups is 1. The number of aliphatic hydroxyl groups excluding tert-OH is 1. The summed E-state index contributed by atoms with van der Waals surface area (Å²) in [5, 5.41) is 8.82. The topological polar surface area (TPSA) is 41.9 Å². The summed E-state index contributed by atoms with van der Waals surface area (Å²) in [5.74, 6) is 1.52. The van der Waals surface area contributed by atoms with E-state index in [1.54, 1.807) is 14.2 Å². The lowest BCUT2D eigenvalue weighted by Gasteiger charge is -2.19. The van der Waals surface area contributed by atoms with Gasteiger partial charge in [0.2, 0.25) is 0 Å². The van der Waals surface area contributed by atoms with Crippen LogP contribution in [0.3, 0.4) is 0 Å². The van der Waals surface area contributed by atoms with E-state index >= 15 is 0 Å². The molecule has 1 N–H and O–H groups in total. The molecule has 0 atom stereocenters. The highest BCUT2D eigenvalue weighted by atomic mass is 16.5. The molecule has 1 aromatic rings. The van der Waals surface area contributed by atoms with Crippen molar-refractivity contribution in [2.45, 2.75) is 19.9 Å². The second-order valence-electron chi connectivity index (χ2n) is 4.45. The van der Waals surface area contributed by atoms with Crippen molar-refractivity contribution in [2.24, 2.45) is 0 Å². The molecule has 0 fully saturated rings. The monoisotopic (exact) mass is 253 g/mol. The van der Waals surface area contributed by atoms with Gasteiger partial charge >= 0.3 is 0 Å². The largest absolute Gasteiger partial charge is 0.493 e. The molecule has 0 saturated heterocycles. The highest BCUT2D eigenvalue weighted by molar-refractivity contribution is 5.46. The number of aryl methyl sites for hydroxylation is 1. The molecule has 0 aliphatic heterocycles. The lowest BCUT2D eigenvalue weighted by atomic mass is 10.1. The van der Waals surface area contributed by atoms with E-state index in [-0.39, 0.29) is 6.61 Å². The molecule has 0 radical (unpaired) electrons. The van der Waals surface area contributed by atoms with Gasteiger partial charge in [-0.2, -0.15) is 0 Å². The molecule has 0 unspecified atom stereocenters. The number of ether oxygens (including phenoxy) is 2. The first-order valence-electron chi connectivity index (χ1n) is 6.13. The molecule has 0 bridgehead atoms. The van der Waals surface area contributed by atoms with Gasteiger partial charge in [0, 0.05) is 19.7 Å². The van der Waals surface area contributed by atoms with Crippen molar-refractivity contribution >= 4 is 0 Å². The Morgan fingerprint density at radius 2 is 1.78 bits per heavy atom. The molecule has 0 spiro atoms. The summed E-state index contributed by atoms with van der Waals surface area (Å²) in [4.78, 5) is 2.18. The zero-order valence-electron chi connectivity index (χ0n) is 11.7. The van der Waals surface area contributed by atoms with Crippen LogP contribution in [-0.2, 0) is 6.54 Å². The van der Waals surface area contributed by atoms with E-state index in [0.29, 0.717) is 0 Å². The van der Waals surface area contributed by atoms with Gasteiger partial charge in [-0.3, -0.25) is 0 Å². The average molecular weight is 253 g/mol. The Morgan fingerprint density at radius 1 is 1.17 bits per heavy atom. The minimum atomic E-state index is 0.231. The first kappa shape index (κ1) is 14.8. The van der Waals surface area contributed by atoms with E-state index in [9.17, 15) is 0 Å². The van der Waals surface area contributed by atoms with E-state index < -0.39 is 0 Å². The van der Waals surface area contributed by atoms with Crippen LogP contribution in [0.1, 0.15) is 17.5 Å². The minimum Gasteiger partial charge on any atom is -0.493 e. The molecule has 0 aliphatic rings. The molecular weight excluding hydrogens is 230 g/mol. The summed E-state index contributed by atoms with van der Waals surface area (Å²) in [7, 11) is 5.34. The third-order valence-electron chi connectivity index (χ3n) is 2.98. The summed E-state index contributed by atoms with van der Waals surface area (Å²) in [6.45, 7) is 4.02. The Bertz CT molecular complexity index is 380. The molecule has 0 aliphatic carbocycles. The van der Waals surface area contributed by atoms with Crippen molar-refractivity contribution in [2.75, 3.05) is 34.4 Å². The number of methoxy groups -OCH3 is 2. The molecule has 102 valence electrons. The van der Waals surface area contributed by atoms with Crippen molar-refractivity contribution in [3.05, 3.63) is 23.3 Å². The maximum atomic E-state index is 8.82. The summed E-state index contributed by atoms with van der Waals surface area (Å²) in [6, 6.07) is 4.01. The Balaban J connectivity index is 2.82. The van der Waals surface area contributed by atoms with Crippen molar-refractivity contribution < 1.29 is 14.6 Å². The third-order valence-corrected chi connectivity index (χ3v) is 2.98. The number of rotatable bonds is 7. The predicted octanol–water partition coefficient (Wildman–Crippen LogP) is 1.83. The molecule has 1 aromatic carbocycles. The predicted molar refractivity (Wildman–Crippen MR) is 72.3 cm³/mol. The average Bonchev–Trinajstić information content (AvgIpc) is 2.38. The van der Waals surface area contributed by atoms with Crippen LogP contribution in [0.15, 0.2) is 12.1 Å². The van der Waals surface area contributed by atoms with Gasteiger partial charge in [-0.1, -0.05) is 0 Å². The van der Waals surface area contributed by atoms with Gasteiger partial charge in [-0.25, -0.2) is 0 Å². The number of hydrogen-bond acceptors (Lipinski definition) is 4. The van der Waals surface area contributed by atoms with Crippen LogP contribution in [-0.4, -0.2) is 44.4 Å². The van der Waals surface area contributed by atoms with E-state index in [1.165, 1.54) is 11.1 Å². The molecule has 0 amide bonds. The molecule has 4 nitrogen and oxygen atoms in total. The summed E-state index contributed by atoms with van der Waals surface area (Å²) in [5.41, 5.74) is 2.40. The number of nitrogens with zero attached hydrogens (tertiary/aromatic N) is 1. The first-order valence-corrected chi connectivity index (χ1v) is 6.13. The van der Waals surface area contributed by atoms with Gasteiger partial charge in [0.25, 0.3) is 0 Å². The van der Waals surface area contributed by atoms with Crippen LogP contribution in [0.25, 0.3) is 0 Å². The second kappa shape index (κ2) is 7.24. The van der Waals surface area contributed by atoms with Crippen molar-refractivity contribution in [3.8, 4) is 11.5 Å². The lowest BCUT2D eigenvalue weighted by molar-refractivity contribution is 0.244. The molecule has 0 saturated carbocycles. The highest BCUT2D eigenvalue weighted by Gasteiger charge is 2.10. The SMILES string of the molecule is COc1cc(C)c(CN(C)CCCO)cc1OC. The molecule has 4 heteroatoms. The van der Waals surface area contributed by atoms with Gasteiger partial charge in [-0.05, 0) is 43.7 Å². The lowest BCUT2D eigenvalue weighted by Crippen LogP contribution is -2.20. The van der Waals surface area contributed by atoms with Crippen molar-refractivity contribution in [1.29, 1.82) is 0 Å². The molecule has 1 rings (SSSR count). The molecule has 0 heterocycles. The third kappa shape index (κ3) is 3.89. The minimum absolute atomic E-state index is 0.231. The first-order chi connectivity index (χ1) is 8.62. The van der Waals surface area contributed by atoms with Gasteiger partial charge < -0.3 is 19.5 Å². The summed E-state index contributed by atoms with van der Waals surface area (Å²) in [6.07, 6.45) is 0.794. The second-order valence-corrected chi connectivity index (χ2v) is 4.45. The molecule has 0 aromatic heterocycles. The number of hydrogen-bond donors (Lipinski definition) is 1. The quantitative estimate of drug-likeness (QED) is 0.805. The van der Waals surface area contributed by atoms with Crippen LogP contribution in [0.2, 0.25) is 0 Å². The summed E-state index contributed by atoms with van der Waals surface area (Å²) >= 11 is 0. The van der Waals surface area contributed by atoms with Crippen LogP contribution in [0.5, 0.6) is 11.5 Å². The highest BCUT2D eigenvalue weighted by Crippen LogP contribution is 2.30. The fourth-order valence-corrected chi connectivity index (χ4v) is 1.90. The Hall–Kier alpha value is -1.26. The standard InChI is InChI=1S/C14H23NO3/c1-11-8-13(17-3)14(18-4)9-12(11)10-15(2)6-5-7-16/h8-9,16H,5-7,10H2,1-4H3. The van der Waals surface area contributed by atoms with Crippen LogP contribution in [0, 0.1) is 6.92 Å². The van der Waals surface area contributed by atoms with Gasteiger partial charge in [0.15, 0.2) is 11.5 Å². The maximum absolute atomic E-state index is 8.82. The van der Waals surface area contributed by atoms with E-state index in [0.717, 1.165) is 31.0 Å². The molecular formula is C14H23NO3. The Kier molecular flexibility index (Phi) is 5.95. The fourth-order valence-electron chi connectivity index (χ4n) is 1.90. The zero-order valence-corrected chi connectivity index (χ0v) is 11.7. The Labute approximate surface area is 109 Å². The zero-order chi connectivity index (χ0) is 13.5. The van der Waals surface area contributed by atoms with Gasteiger partial charge in [-0.15, -0.1) is 0 Å². The van der Waals surface area contributed by atoms with Crippen LogP contribution >= 0.6 is 0 Å². The van der Waals surface area contributed by atoms with E-state index in [2.05, 4.69) is 11.8 Å². The fraction of sp³-hybridized carbons (Fsp3) is 0.571. The molecule has 18 heavy (non-hydrogen) atoms. The van der Waals surface area contributed by atoms with Crippen LogP contribution < -0.4 is 9.47 Å². The van der Waals surface area contributed by atoms with Gasteiger partial charge in [0.05, 0.1) is 14.2 Å². The van der Waals surface area contributed by atoms with Gasteiger partial charge in [0.1, 0.15) is 0 Å². The van der Waals surface area contributed by atoms with Crippen LogP contribution in [0.4, 0.5) is 0 Å². The smallest absolute Gasteiger partial charge is 0.161 e. The van der Waals surface area contributed by atoms with E-state index in [1.807, 2.05) is 19.2 Å². The van der Waals surface area contributed by atoms with E-state index in [4.69, 9.17) is 14.6 Å². The maximum Gasteiger partial charge on any atom is 0.161 e. The number of benzene rings is 1. The van der Waals surface area contributed by atoms with Crippen molar-refractivity contribution in [1.82, 2.24) is 4.90 Å². The van der Waals surface area contributed by atoms with Crippen molar-refractivity contribution in [3.63, 3.8) is 0 Å².